The van der Waals surface area contributed by atoms with Crippen molar-refractivity contribution in [3.8, 4) is 0 Å². The van der Waals surface area contributed by atoms with Gasteiger partial charge in [-0.3, -0.25) is 9.79 Å². The number of amides is 1. The molecule has 0 unspecified atom stereocenters. The van der Waals surface area contributed by atoms with Crippen molar-refractivity contribution in [2.24, 2.45) is 4.99 Å². The van der Waals surface area contributed by atoms with E-state index in [1.807, 2.05) is 49.5 Å². The average molecular weight is 559 g/mol. The molecule has 5 nitrogen and oxygen atoms in total. The number of halogens is 2. The lowest BCUT2D eigenvalue weighted by Crippen LogP contribution is -2.38. The standard InChI is InChI=1S/C21H27BrN4O.HI/c1-4-24-21(26(3)15-18-9-5-6-11-19(18)22)25-13-12-16-8-7-10-17(14-16)20(27)23-2;/h5-11,14H,4,12-13,15H2,1-3H3,(H,23,27)(H,24,25);1H. The van der Waals surface area contributed by atoms with Gasteiger partial charge < -0.3 is 15.5 Å². The number of carbonyl (C=O) groups excluding carboxylic acids is 1. The Labute approximate surface area is 193 Å². The first-order chi connectivity index (χ1) is 13.0. The van der Waals surface area contributed by atoms with Crippen LogP contribution in [0.5, 0.6) is 0 Å². The molecule has 28 heavy (non-hydrogen) atoms. The van der Waals surface area contributed by atoms with Crippen LogP contribution >= 0.6 is 39.9 Å². The van der Waals surface area contributed by atoms with Crippen molar-refractivity contribution in [2.75, 3.05) is 27.2 Å². The van der Waals surface area contributed by atoms with Crippen LogP contribution in [0.2, 0.25) is 0 Å². The molecule has 0 bridgehead atoms. The molecule has 0 aliphatic heterocycles. The molecule has 7 heteroatoms. The fourth-order valence-electron chi connectivity index (χ4n) is 2.73. The third-order valence-electron chi connectivity index (χ3n) is 4.14. The summed E-state index contributed by atoms with van der Waals surface area (Å²) in [6.45, 7) is 4.29. The van der Waals surface area contributed by atoms with Crippen molar-refractivity contribution in [3.63, 3.8) is 0 Å². The zero-order valence-corrected chi connectivity index (χ0v) is 20.5. The lowest BCUT2D eigenvalue weighted by molar-refractivity contribution is 0.0963. The molecular weight excluding hydrogens is 531 g/mol. The highest BCUT2D eigenvalue weighted by molar-refractivity contribution is 14.0. The van der Waals surface area contributed by atoms with E-state index in [-0.39, 0.29) is 29.9 Å². The molecule has 0 saturated heterocycles. The molecule has 1 amide bonds. The first-order valence-corrected chi connectivity index (χ1v) is 9.88. The molecule has 0 aliphatic rings. The van der Waals surface area contributed by atoms with Gasteiger partial charge in [-0.2, -0.15) is 0 Å². The Hall–Kier alpha value is -1.61. The molecule has 0 aromatic heterocycles. The van der Waals surface area contributed by atoms with Gasteiger partial charge in [0, 0.05) is 43.8 Å². The summed E-state index contributed by atoms with van der Waals surface area (Å²) < 4.78 is 1.10. The van der Waals surface area contributed by atoms with Gasteiger partial charge in [0.1, 0.15) is 0 Å². The number of nitrogens with zero attached hydrogens (tertiary/aromatic N) is 2. The first kappa shape index (κ1) is 24.4. The van der Waals surface area contributed by atoms with Crippen molar-refractivity contribution in [1.29, 1.82) is 0 Å². The molecule has 2 aromatic carbocycles. The maximum absolute atomic E-state index is 11.8. The van der Waals surface area contributed by atoms with E-state index in [2.05, 4.69) is 44.5 Å². The highest BCUT2D eigenvalue weighted by Gasteiger charge is 2.09. The SMILES string of the molecule is CCNC(=NCCc1cccc(C(=O)NC)c1)N(C)Cc1ccccc1Br.I. The topological polar surface area (TPSA) is 56.7 Å². The molecule has 2 rings (SSSR count). The number of carbonyl (C=O) groups is 1. The van der Waals surface area contributed by atoms with Crippen LogP contribution in [-0.2, 0) is 13.0 Å². The summed E-state index contributed by atoms with van der Waals surface area (Å²) in [6, 6.07) is 15.9. The molecule has 0 radical (unpaired) electrons. The van der Waals surface area contributed by atoms with Crippen LogP contribution in [0.4, 0.5) is 0 Å². The van der Waals surface area contributed by atoms with Crippen LogP contribution in [0.25, 0.3) is 0 Å². The number of hydrogen-bond donors (Lipinski definition) is 2. The summed E-state index contributed by atoms with van der Waals surface area (Å²) in [4.78, 5) is 18.6. The number of benzene rings is 2. The molecule has 0 aliphatic carbocycles. The molecule has 0 atom stereocenters. The molecular formula is C21H28BrIN4O. The van der Waals surface area contributed by atoms with Gasteiger partial charge >= 0.3 is 0 Å². The van der Waals surface area contributed by atoms with Gasteiger partial charge in [-0.1, -0.05) is 46.3 Å². The molecule has 2 N–H and O–H groups in total. The summed E-state index contributed by atoms with van der Waals surface area (Å²) in [6.07, 6.45) is 0.780. The largest absolute Gasteiger partial charge is 0.357 e. The summed E-state index contributed by atoms with van der Waals surface area (Å²) in [5.41, 5.74) is 2.99. The fourth-order valence-corrected chi connectivity index (χ4v) is 3.14. The van der Waals surface area contributed by atoms with Crippen molar-refractivity contribution >= 4 is 51.8 Å². The van der Waals surface area contributed by atoms with Crippen molar-refractivity contribution in [1.82, 2.24) is 15.5 Å². The molecule has 0 heterocycles. The Bertz CT molecular complexity index is 797. The summed E-state index contributed by atoms with van der Waals surface area (Å²) in [5.74, 6) is 0.803. The van der Waals surface area contributed by atoms with Gasteiger partial charge in [0.2, 0.25) is 0 Å². The van der Waals surface area contributed by atoms with Crippen LogP contribution in [-0.4, -0.2) is 44.0 Å². The number of rotatable bonds is 7. The maximum atomic E-state index is 11.8. The van der Waals surface area contributed by atoms with Crippen molar-refractivity contribution in [2.45, 2.75) is 19.9 Å². The van der Waals surface area contributed by atoms with E-state index in [1.165, 1.54) is 5.56 Å². The highest BCUT2D eigenvalue weighted by Crippen LogP contribution is 2.17. The fraction of sp³-hybridized carbons (Fsp3) is 0.333. The Balaban J connectivity index is 0.00000392. The van der Waals surface area contributed by atoms with E-state index in [4.69, 9.17) is 4.99 Å². The minimum Gasteiger partial charge on any atom is -0.357 e. The second-order valence-electron chi connectivity index (χ2n) is 6.21. The second kappa shape index (κ2) is 12.8. The Morgan fingerprint density at radius 1 is 1.18 bits per heavy atom. The van der Waals surface area contributed by atoms with Gasteiger partial charge in [-0.25, -0.2) is 0 Å². The van der Waals surface area contributed by atoms with Crippen molar-refractivity contribution < 1.29 is 4.79 Å². The minimum absolute atomic E-state index is 0. The number of aliphatic imine (C=N–C) groups is 1. The zero-order chi connectivity index (χ0) is 19.6. The number of hydrogen-bond acceptors (Lipinski definition) is 2. The predicted octanol–water partition coefficient (Wildman–Crippen LogP) is 4.07. The first-order valence-electron chi connectivity index (χ1n) is 9.09. The molecule has 0 spiro atoms. The van der Waals surface area contributed by atoms with Gasteiger partial charge in [0.05, 0.1) is 0 Å². The average Bonchev–Trinajstić information content (AvgIpc) is 2.68. The van der Waals surface area contributed by atoms with Gasteiger partial charge in [-0.05, 0) is 42.7 Å². The number of guanidine groups is 1. The van der Waals surface area contributed by atoms with Crippen LogP contribution in [0, 0.1) is 0 Å². The summed E-state index contributed by atoms with van der Waals surface area (Å²) >= 11 is 3.60. The van der Waals surface area contributed by atoms with E-state index < -0.39 is 0 Å². The lowest BCUT2D eigenvalue weighted by atomic mass is 10.1. The van der Waals surface area contributed by atoms with Crippen LogP contribution in [0.3, 0.4) is 0 Å². The van der Waals surface area contributed by atoms with E-state index in [1.54, 1.807) is 7.05 Å². The number of nitrogens with one attached hydrogen (secondary N) is 2. The Morgan fingerprint density at radius 3 is 2.61 bits per heavy atom. The van der Waals surface area contributed by atoms with Gasteiger partial charge in [0.15, 0.2) is 5.96 Å². The lowest BCUT2D eigenvalue weighted by Gasteiger charge is -2.22. The molecule has 0 saturated carbocycles. The third-order valence-corrected chi connectivity index (χ3v) is 4.91. The zero-order valence-electron chi connectivity index (χ0n) is 16.5. The van der Waals surface area contributed by atoms with E-state index in [0.29, 0.717) is 12.1 Å². The summed E-state index contributed by atoms with van der Waals surface area (Å²) in [7, 11) is 3.68. The maximum Gasteiger partial charge on any atom is 0.251 e. The molecule has 152 valence electrons. The Kier molecular flexibility index (Phi) is 11.1. The summed E-state index contributed by atoms with van der Waals surface area (Å²) in [5, 5.41) is 6.00. The molecule has 0 fully saturated rings. The minimum atomic E-state index is -0.0677. The van der Waals surface area contributed by atoms with Crippen molar-refractivity contribution in [3.05, 3.63) is 69.7 Å². The van der Waals surface area contributed by atoms with E-state index in [9.17, 15) is 4.79 Å². The smallest absolute Gasteiger partial charge is 0.251 e. The third kappa shape index (κ3) is 7.43. The Morgan fingerprint density at radius 2 is 1.93 bits per heavy atom. The van der Waals surface area contributed by atoms with Crippen LogP contribution < -0.4 is 10.6 Å². The predicted molar refractivity (Wildman–Crippen MR) is 131 cm³/mol. The second-order valence-corrected chi connectivity index (χ2v) is 7.07. The van der Waals surface area contributed by atoms with Gasteiger partial charge in [0.25, 0.3) is 5.91 Å². The quantitative estimate of drug-likeness (QED) is 0.306. The van der Waals surface area contributed by atoms with Crippen LogP contribution in [0.15, 0.2) is 58.0 Å². The van der Waals surface area contributed by atoms with E-state index >= 15 is 0 Å². The normalized spacial score (nSPS) is 10.8. The molecule has 2 aromatic rings. The van der Waals surface area contributed by atoms with Crippen LogP contribution in [0.1, 0.15) is 28.4 Å². The van der Waals surface area contributed by atoms with Gasteiger partial charge in [-0.15, -0.1) is 24.0 Å². The monoisotopic (exact) mass is 558 g/mol. The highest BCUT2D eigenvalue weighted by atomic mass is 127. The van der Waals surface area contributed by atoms with E-state index in [0.717, 1.165) is 35.5 Å².